The second kappa shape index (κ2) is 8.26. The van der Waals surface area contributed by atoms with Gasteiger partial charge in [0.1, 0.15) is 20.2 Å². The second-order valence-corrected chi connectivity index (χ2v) is 6.91. The van der Waals surface area contributed by atoms with E-state index in [9.17, 15) is 25.9 Å². The molecule has 0 amide bonds. The summed E-state index contributed by atoms with van der Waals surface area (Å²) in [5.41, 5.74) is -0.0582. The van der Waals surface area contributed by atoms with E-state index >= 15 is 0 Å². The van der Waals surface area contributed by atoms with Crippen molar-refractivity contribution in [2.45, 2.75) is 9.79 Å². The van der Waals surface area contributed by atoms with Gasteiger partial charge in [-0.25, -0.2) is 16.8 Å². The van der Waals surface area contributed by atoms with Gasteiger partial charge in [0.2, 0.25) is 0 Å². The van der Waals surface area contributed by atoms with Crippen molar-refractivity contribution in [1.29, 1.82) is 0 Å². The number of benzene rings is 2. The van der Waals surface area contributed by atoms with E-state index in [1.165, 1.54) is 0 Å². The van der Waals surface area contributed by atoms with Gasteiger partial charge in [0.25, 0.3) is 0 Å². The first-order valence-electron chi connectivity index (χ1n) is 5.36. The minimum atomic E-state index is -5.02. The van der Waals surface area contributed by atoms with Gasteiger partial charge in [-0.05, 0) is 28.4 Å². The fraction of sp³-hybridized carbons (Fsp3) is 0. The summed E-state index contributed by atoms with van der Waals surface area (Å²) < 4.78 is 66.7. The van der Waals surface area contributed by atoms with E-state index in [0.717, 1.165) is 24.3 Å². The molecule has 2 N–H and O–H groups in total. The number of hydrogen-bond donors (Lipinski definition) is 2. The molecule has 0 radical (unpaired) electrons. The van der Waals surface area contributed by atoms with E-state index in [-0.39, 0.29) is 75.3 Å². The third-order valence-corrected chi connectivity index (χ3v) is 4.46. The van der Waals surface area contributed by atoms with Crippen molar-refractivity contribution in [3.05, 3.63) is 30.3 Å². The molecule has 0 bridgehead atoms. The monoisotopic (exact) mass is 376 g/mol. The minimum Gasteiger partial charge on any atom is -0.744 e. The number of rotatable bonds is 3. The van der Waals surface area contributed by atoms with E-state index in [1.807, 2.05) is 0 Å². The Kier molecular flexibility index (Phi) is 8.44. The molecule has 112 valence electrons. The zero-order valence-electron chi connectivity index (χ0n) is 12.1. The molecule has 0 spiro atoms. The summed E-state index contributed by atoms with van der Waals surface area (Å²) >= 11 is 0. The van der Waals surface area contributed by atoms with Gasteiger partial charge >= 0.3 is 66.2 Å². The molecule has 0 unspecified atom stereocenters. The Morgan fingerprint density at radius 3 is 1.87 bits per heavy atom. The van der Waals surface area contributed by atoms with Crippen molar-refractivity contribution in [3.8, 4) is 0 Å². The normalized spacial score (nSPS) is 11.5. The molecule has 2 aromatic rings. The SMILES string of the molecule is O=S(=O)([O-])c1cc(S(=O)(=O)[O-])c2ccc(B(O)O)cc2c1.[Na+].[Na+]. The first kappa shape index (κ1) is 23.5. The molecule has 0 aromatic heterocycles. The van der Waals surface area contributed by atoms with Gasteiger partial charge in [0.15, 0.2) is 0 Å². The fourth-order valence-corrected chi connectivity index (χ4v) is 3.17. The van der Waals surface area contributed by atoms with Gasteiger partial charge in [-0.15, -0.1) is 0 Å². The summed E-state index contributed by atoms with van der Waals surface area (Å²) in [5, 5.41) is 17.9. The molecule has 23 heavy (non-hydrogen) atoms. The quantitative estimate of drug-likeness (QED) is 0.395. The maximum Gasteiger partial charge on any atom is 1.00 e. The van der Waals surface area contributed by atoms with Crippen LogP contribution in [0.15, 0.2) is 40.1 Å². The smallest absolute Gasteiger partial charge is 0.744 e. The van der Waals surface area contributed by atoms with Crippen LogP contribution in [0.5, 0.6) is 0 Å². The van der Waals surface area contributed by atoms with Crippen LogP contribution in [0.25, 0.3) is 10.8 Å². The first-order chi connectivity index (χ1) is 9.50. The Morgan fingerprint density at radius 1 is 0.870 bits per heavy atom. The summed E-state index contributed by atoms with van der Waals surface area (Å²) in [4.78, 5) is -1.76. The second-order valence-electron chi connectivity index (χ2n) is 4.18. The molecule has 0 fully saturated rings. The third-order valence-electron chi connectivity index (χ3n) is 2.77. The molecule has 13 heteroatoms. The van der Waals surface area contributed by atoms with Crippen LogP contribution in [0.1, 0.15) is 0 Å². The zero-order chi connectivity index (χ0) is 16.0. The standard InChI is InChI=1S/C10H9BO8S2.2Na/c12-11(13)7-1-2-9-6(3-7)4-8(20(14,15)16)5-10(9)21(17,18)19;;/h1-5,12-13H,(H,14,15,16)(H,17,18,19);;/q;2*+1/p-2. The van der Waals surface area contributed by atoms with Crippen LogP contribution in [-0.4, -0.2) is 43.1 Å². The Morgan fingerprint density at radius 2 is 1.43 bits per heavy atom. The van der Waals surface area contributed by atoms with E-state index < -0.39 is 37.1 Å². The molecule has 0 heterocycles. The van der Waals surface area contributed by atoms with Crippen LogP contribution in [0.3, 0.4) is 0 Å². The summed E-state index contributed by atoms with van der Waals surface area (Å²) in [6.45, 7) is 0. The Balaban J connectivity index is 0.00000242. The molecule has 8 nitrogen and oxygen atoms in total. The average Bonchev–Trinajstić information content (AvgIpc) is 2.34. The Hall–Kier alpha value is 0.505. The molecule has 0 saturated heterocycles. The molecular formula is C10H7BNa2O8S2. The van der Waals surface area contributed by atoms with Crippen LogP contribution in [-0.2, 0) is 20.2 Å². The summed E-state index contributed by atoms with van der Waals surface area (Å²) in [5.74, 6) is 0. The summed E-state index contributed by atoms with van der Waals surface area (Å²) in [6, 6.07) is 4.70. The maximum atomic E-state index is 11.2. The van der Waals surface area contributed by atoms with Crippen molar-refractivity contribution in [1.82, 2.24) is 0 Å². The fourth-order valence-electron chi connectivity index (χ4n) is 1.84. The largest absolute Gasteiger partial charge is 1.00 e. The van der Waals surface area contributed by atoms with Crippen molar-refractivity contribution in [2.75, 3.05) is 0 Å². The van der Waals surface area contributed by atoms with Gasteiger partial charge in [0.05, 0.1) is 9.79 Å². The van der Waals surface area contributed by atoms with E-state index in [1.54, 1.807) is 0 Å². The maximum absolute atomic E-state index is 11.2. The molecule has 0 aliphatic carbocycles. The predicted octanol–water partition coefficient (Wildman–Crippen LogP) is -7.66. The van der Waals surface area contributed by atoms with E-state index in [2.05, 4.69) is 0 Å². The number of fused-ring (bicyclic) bond motifs is 1. The summed E-state index contributed by atoms with van der Waals surface area (Å²) in [7, 11) is -11.9. The first-order valence-corrected chi connectivity index (χ1v) is 8.17. The predicted molar refractivity (Wildman–Crippen MR) is 69.7 cm³/mol. The van der Waals surface area contributed by atoms with E-state index in [4.69, 9.17) is 10.0 Å². The van der Waals surface area contributed by atoms with Crippen molar-refractivity contribution < 1.29 is 95.1 Å². The van der Waals surface area contributed by atoms with Gasteiger partial charge in [0, 0.05) is 0 Å². The summed E-state index contributed by atoms with van der Waals surface area (Å²) in [6.07, 6.45) is 0. The molecule has 0 aliphatic heterocycles. The molecule has 2 aromatic carbocycles. The van der Waals surface area contributed by atoms with Gasteiger partial charge in [-0.3, -0.25) is 0 Å². The van der Waals surface area contributed by atoms with Crippen LogP contribution < -0.4 is 64.6 Å². The van der Waals surface area contributed by atoms with Crippen LogP contribution in [0, 0.1) is 0 Å². The Labute approximate surface area is 177 Å². The Bertz CT molecular complexity index is 927. The van der Waals surface area contributed by atoms with Gasteiger partial charge in [-0.1, -0.05) is 18.2 Å². The van der Waals surface area contributed by atoms with Crippen LogP contribution in [0.4, 0.5) is 0 Å². The van der Waals surface area contributed by atoms with Gasteiger partial charge < -0.3 is 19.2 Å². The molecule has 0 saturated carbocycles. The van der Waals surface area contributed by atoms with Gasteiger partial charge in [-0.2, -0.15) is 0 Å². The van der Waals surface area contributed by atoms with Crippen molar-refractivity contribution >= 4 is 43.6 Å². The molecular weight excluding hydrogens is 369 g/mol. The van der Waals surface area contributed by atoms with E-state index in [0.29, 0.717) is 6.07 Å². The molecule has 0 atom stereocenters. The van der Waals surface area contributed by atoms with Crippen LogP contribution >= 0.6 is 0 Å². The topological polar surface area (TPSA) is 155 Å². The zero-order valence-corrected chi connectivity index (χ0v) is 17.8. The van der Waals surface area contributed by atoms with Crippen LogP contribution in [0.2, 0.25) is 0 Å². The molecule has 2 rings (SSSR count). The minimum absolute atomic E-state index is 0. The van der Waals surface area contributed by atoms with Crippen molar-refractivity contribution in [2.24, 2.45) is 0 Å². The molecule has 0 aliphatic rings. The number of hydrogen-bond acceptors (Lipinski definition) is 8. The average molecular weight is 376 g/mol. The van der Waals surface area contributed by atoms with Crippen molar-refractivity contribution in [3.63, 3.8) is 0 Å². The third kappa shape index (κ3) is 5.49.